The van der Waals surface area contributed by atoms with E-state index in [0.29, 0.717) is 0 Å². The lowest BCUT2D eigenvalue weighted by Gasteiger charge is -2.41. The Hall–Kier alpha value is -0.330. The van der Waals surface area contributed by atoms with Crippen LogP contribution < -0.4 is 5.32 Å². The summed E-state index contributed by atoms with van der Waals surface area (Å²) in [5, 5.41) is 24.3. The van der Waals surface area contributed by atoms with E-state index in [2.05, 4.69) is 12.2 Å². The van der Waals surface area contributed by atoms with Gasteiger partial charge < -0.3 is 10.2 Å². The molecule has 0 spiro atoms. The smallest absolute Gasteiger partial charge is 0.391 e. The van der Waals surface area contributed by atoms with E-state index < -0.39 is 30.8 Å². The molecule has 0 heterocycles. The molecule has 3 unspecified atom stereocenters. The summed E-state index contributed by atoms with van der Waals surface area (Å²) in [5.74, 6) is 1.09. The molecule has 2 saturated carbocycles. The summed E-state index contributed by atoms with van der Waals surface area (Å²) in [6.07, 6.45) is 3.75. The summed E-state index contributed by atoms with van der Waals surface area (Å²) in [7, 11) is 0. The molecule has 0 aromatic heterocycles. The average Bonchev–Trinajstić information content (AvgIpc) is 2.71. The number of halogens is 3. The Morgan fingerprint density at radius 1 is 0.900 bits per heavy atom. The van der Waals surface area contributed by atoms with Gasteiger partial charge in [0.1, 0.15) is 6.23 Å². The summed E-state index contributed by atoms with van der Waals surface area (Å²) in [6.45, 7) is 7.44. The van der Waals surface area contributed by atoms with Crippen molar-refractivity contribution in [2.24, 2.45) is 35.5 Å². The first-order chi connectivity index (χ1) is 14.0. The molecule has 0 aliphatic heterocycles. The van der Waals surface area contributed by atoms with Gasteiger partial charge in [-0.15, -0.1) is 0 Å². The minimum atomic E-state index is -4.32. The fourth-order valence-corrected chi connectivity index (χ4v) is 5.62. The second-order valence-corrected chi connectivity index (χ2v) is 10.5. The van der Waals surface area contributed by atoms with E-state index in [0.717, 1.165) is 56.8 Å². The summed E-state index contributed by atoms with van der Waals surface area (Å²) in [5.41, 5.74) is 0. The third-order valence-corrected chi connectivity index (χ3v) is 8.17. The molecule has 0 bridgehead atoms. The Labute approximate surface area is 181 Å². The summed E-state index contributed by atoms with van der Waals surface area (Å²) >= 11 is 0. The fourth-order valence-electron chi connectivity index (χ4n) is 5.62. The van der Waals surface area contributed by atoms with Crippen molar-refractivity contribution in [2.45, 2.75) is 116 Å². The highest BCUT2D eigenvalue weighted by Gasteiger charge is 2.39. The van der Waals surface area contributed by atoms with E-state index in [4.69, 9.17) is 0 Å². The third kappa shape index (κ3) is 7.37. The molecule has 178 valence electrons. The van der Waals surface area contributed by atoms with Gasteiger partial charge in [-0.05, 0) is 74.5 Å². The number of alkyl halides is 3. The van der Waals surface area contributed by atoms with Gasteiger partial charge in [-0.3, -0.25) is 5.32 Å². The normalized spacial score (nSPS) is 33.5. The number of hydrogen-bond acceptors (Lipinski definition) is 3. The van der Waals surface area contributed by atoms with Crippen LogP contribution in [0.2, 0.25) is 0 Å². The quantitative estimate of drug-likeness (QED) is 0.396. The molecule has 2 aliphatic carbocycles. The van der Waals surface area contributed by atoms with Crippen LogP contribution in [0.3, 0.4) is 0 Å². The zero-order valence-electron chi connectivity index (χ0n) is 19.3. The van der Waals surface area contributed by atoms with E-state index >= 15 is 0 Å². The number of aliphatic hydroxyl groups excluding tert-OH is 2. The van der Waals surface area contributed by atoms with Crippen molar-refractivity contribution in [3.63, 3.8) is 0 Å². The Morgan fingerprint density at radius 2 is 1.40 bits per heavy atom. The van der Waals surface area contributed by atoms with Crippen LogP contribution in [0.25, 0.3) is 0 Å². The number of rotatable bonds is 9. The van der Waals surface area contributed by atoms with Gasteiger partial charge in [-0.2, -0.15) is 13.2 Å². The maximum Gasteiger partial charge on any atom is 0.391 e. The maximum atomic E-state index is 12.8. The highest BCUT2D eigenvalue weighted by atomic mass is 19.4. The van der Waals surface area contributed by atoms with Gasteiger partial charge in [0.2, 0.25) is 0 Å². The molecule has 0 aromatic rings. The van der Waals surface area contributed by atoms with Crippen molar-refractivity contribution in [3.8, 4) is 0 Å². The number of hydrogen-bond donors (Lipinski definition) is 3. The molecule has 0 radical (unpaired) electrons. The third-order valence-electron chi connectivity index (χ3n) is 8.17. The first-order valence-electron chi connectivity index (χ1n) is 12.2. The van der Waals surface area contributed by atoms with Crippen LogP contribution in [0.4, 0.5) is 13.2 Å². The first kappa shape index (κ1) is 25.9. The van der Waals surface area contributed by atoms with Crippen LogP contribution in [0.15, 0.2) is 0 Å². The van der Waals surface area contributed by atoms with Crippen molar-refractivity contribution in [2.75, 3.05) is 0 Å². The molecule has 3 nitrogen and oxygen atoms in total. The van der Waals surface area contributed by atoms with Gasteiger partial charge >= 0.3 is 6.18 Å². The first-order valence-corrected chi connectivity index (χ1v) is 12.2. The average molecular weight is 436 g/mol. The highest BCUT2D eigenvalue weighted by Crippen LogP contribution is 2.42. The topological polar surface area (TPSA) is 52.5 Å². The van der Waals surface area contributed by atoms with Gasteiger partial charge in [0.05, 0.1) is 12.0 Å². The highest BCUT2D eigenvalue weighted by molar-refractivity contribution is 4.90. The van der Waals surface area contributed by atoms with E-state index in [-0.39, 0.29) is 17.9 Å². The number of nitrogens with one attached hydrogen (secondary N) is 1. The van der Waals surface area contributed by atoms with Crippen molar-refractivity contribution >= 4 is 0 Å². The molecule has 3 N–H and O–H groups in total. The van der Waals surface area contributed by atoms with Gasteiger partial charge in [0.15, 0.2) is 0 Å². The van der Waals surface area contributed by atoms with Crippen molar-refractivity contribution < 1.29 is 23.4 Å². The minimum absolute atomic E-state index is 0.0772. The molecule has 6 heteroatoms. The molecule has 30 heavy (non-hydrogen) atoms. The van der Waals surface area contributed by atoms with Crippen molar-refractivity contribution in [3.05, 3.63) is 0 Å². The van der Waals surface area contributed by atoms with Gasteiger partial charge in [-0.1, -0.05) is 47.0 Å². The zero-order chi connectivity index (χ0) is 22.5. The van der Waals surface area contributed by atoms with Crippen LogP contribution in [0.1, 0.15) is 91.9 Å². The van der Waals surface area contributed by atoms with Crippen LogP contribution in [0.5, 0.6) is 0 Å². The molecule has 5 atom stereocenters. The lowest BCUT2D eigenvalue weighted by molar-refractivity contribution is -0.178. The molecule has 2 aliphatic rings. The van der Waals surface area contributed by atoms with Crippen LogP contribution >= 0.6 is 0 Å². The molecular formula is C24H44F3NO2. The predicted octanol–water partition coefficient (Wildman–Crippen LogP) is 5.89. The Morgan fingerprint density at radius 3 is 1.87 bits per heavy atom. The summed E-state index contributed by atoms with van der Waals surface area (Å²) in [4.78, 5) is 0. The Bertz CT molecular complexity index is 485. The second kappa shape index (κ2) is 11.5. The molecule has 0 aromatic carbocycles. The van der Waals surface area contributed by atoms with Crippen LogP contribution in [-0.4, -0.2) is 34.8 Å². The Balaban J connectivity index is 1.89. The second-order valence-electron chi connectivity index (χ2n) is 10.5. The van der Waals surface area contributed by atoms with E-state index in [1.54, 1.807) is 0 Å². The largest absolute Gasteiger partial charge is 0.391 e. The van der Waals surface area contributed by atoms with Crippen molar-refractivity contribution in [1.82, 2.24) is 5.32 Å². The molecule has 0 saturated heterocycles. The Kier molecular flexibility index (Phi) is 9.95. The molecule has 2 rings (SSSR count). The standard InChI is InChI=1S/C24H44F3NO2/c1-5-16(3)22(28-21(29)14-17(4)24(25,26)27)23(30)20-12-10-19(11-13-20)18-8-6-15(2)7-9-18/h15-23,28-30H,5-14H2,1-4H3/t15?,16-,17?,18?,19?,20?,21?,22-,23?/m1/s1. The van der Waals surface area contributed by atoms with E-state index in [1.165, 1.54) is 25.7 Å². The minimum Gasteiger partial charge on any atom is -0.391 e. The monoisotopic (exact) mass is 435 g/mol. The predicted molar refractivity (Wildman–Crippen MR) is 115 cm³/mol. The molecular weight excluding hydrogens is 391 g/mol. The van der Waals surface area contributed by atoms with Gasteiger partial charge in [0, 0.05) is 6.04 Å². The fraction of sp³-hybridized carbons (Fsp3) is 1.00. The molecule has 0 amide bonds. The lowest BCUT2D eigenvalue weighted by Crippen LogP contribution is -2.52. The number of aliphatic hydroxyl groups is 2. The zero-order valence-corrected chi connectivity index (χ0v) is 19.3. The lowest BCUT2D eigenvalue weighted by atomic mass is 9.68. The van der Waals surface area contributed by atoms with E-state index in [9.17, 15) is 23.4 Å². The maximum absolute atomic E-state index is 12.8. The summed E-state index contributed by atoms with van der Waals surface area (Å²) < 4.78 is 38.5. The van der Waals surface area contributed by atoms with Gasteiger partial charge in [-0.25, -0.2) is 0 Å². The van der Waals surface area contributed by atoms with E-state index in [1.807, 2.05) is 13.8 Å². The van der Waals surface area contributed by atoms with Crippen molar-refractivity contribution in [1.29, 1.82) is 0 Å². The summed E-state index contributed by atoms with van der Waals surface area (Å²) in [6, 6.07) is -0.387. The van der Waals surface area contributed by atoms with Gasteiger partial charge in [0.25, 0.3) is 0 Å². The SMILES string of the molecule is CC[C@@H](C)[C@@H](NC(O)CC(C)C(F)(F)F)C(O)C1CCC(C2CCC(C)CC2)CC1. The van der Waals surface area contributed by atoms with Crippen LogP contribution in [0, 0.1) is 35.5 Å². The molecule has 2 fully saturated rings. The van der Waals surface area contributed by atoms with Crippen LogP contribution in [-0.2, 0) is 0 Å².